The molecule has 0 heterocycles. The second-order valence-corrected chi connectivity index (χ2v) is 7.90. The van der Waals surface area contributed by atoms with Crippen LogP contribution in [0.5, 0.6) is 5.75 Å². The highest BCUT2D eigenvalue weighted by atomic mass is 32.2. The van der Waals surface area contributed by atoms with Gasteiger partial charge in [0.25, 0.3) is 5.91 Å². The lowest BCUT2D eigenvalue weighted by molar-refractivity contribution is -0.127. The van der Waals surface area contributed by atoms with Crippen LogP contribution in [0.3, 0.4) is 0 Å². The Hall–Kier alpha value is -2.01. The minimum Gasteiger partial charge on any atom is -0.481 e. The number of halogens is 1. The third-order valence-corrected chi connectivity index (χ3v) is 5.79. The molecule has 1 aliphatic carbocycles. The fourth-order valence-electron chi connectivity index (χ4n) is 3.29. The summed E-state index contributed by atoms with van der Waals surface area (Å²) in [6.07, 6.45) is 3.97. The molecule has 0 saturated carbocycles. The zero-order valence-corrected chi connectivity index (χ0v) is 16.5. The first-order valence-corrected chi connectivity index (χ1v) is 10.7. The molecule has 1 atom stereocenters. The molecular formula is C22H26FNO2S. The van der Waals surface area contributed by atoms with Gasteiger partial charge >= 0.3 is 0 Å². The van der Waals surface area contributed by atoms with Crippen LogP contribution >= 0.6 is 11.8 Å². The number of hydrogen-bond donors (Lipinski definition) is 1. The molecule has 2 aromatic rings. The lowest BCUT2D eigenvalue weighted by Gasteiger charge is -2.22. The molecule has 1 aliphatic rings. The predicted octanol–water partition coefficient (Wildman–Crippen LogP) is 4.52. The Morgan fingerprint density at radius 3 is 2.85 bits per heavy atom. The van der Waals surface area contributed by atoms with E-state index in [-0.39, 0.29) is 11.7 Å². The van der Waals surface area contributed by atoms with Crippen molar-refractivity contribution in [3.05, 3.63) is 65.0 Å². The van der Waals surface area contributed by atoms with Crippen molar-refractivity contribution in [2.24, 2.45) is 0 Å². The molecule has 0 fully saturated rings. The zero-order valence-electron chi connectivity index (χ0n) is 15.7. The average molecular weight is 388 g/mol. The van der Waals surface area contributed by atoms with E-state index in [0.29, 0.717) is 17.9 Å². The Kier molecular flexibility index (Phi) is 7.16. The van der Waals surface area contributed by atoms with Crippen molar-refractivity contribution in [2.75, 3.05) is 12.3 Å². The zero-order chi connectivity index (χ0) is 19.1. The number of thioether (sulfide) groups is 1. The van der Waals surface area contributed by atoms with Gasteiger partial charge in [-0.1, -0.05) is 30.3 Å². The van der Waals surface area contributed by atoms with Crippen molar-refractivity contribution in [3.63, 3.8) is 0 Å². The summed E-state index contributed by atoms with van der Waals surface area (Å²) in [5.74, 6) is 1.87. The fourth-order valence-corrected chi connectivity index (χ4v) is 4.13. The number of aryl methyl sites for hydroxylation is 1. The summed E-state index contributed by atoms with van der Waals surface area (Å²) in [6.45, 7) is 2.32. The van der Waals surface area contributed by atoms with Crippen LogP contribution in [0.1, 0.15) is 36.5 Å². The van der Waals surface area contributed by atoms with E-state index in [2.05, 4.69) is 11.4 Å². The van der Waals surface area contributed by atoms with Crippen molar-refractivity contribution in [3.8, 4) is 5.75 Å². The molecule has 27 heavy (non-hydrogen) atoms. The second kappa shape index (κ2) is 9.79. The van der Waals surface area contributed by atoms with Gasteiger partial charge in [0.1, 0.15) is 11.6 Å². The monoisotopic (exact) mass is 387 g/mol. The Balaban J connectivity index is 1.41. The molecule has 0 aromatic heterocycles. The molecule has 1 N–H and O–H groups in total. The van der Waals surface area contributed by atoms with E-state index < -0.39 is 6.10 Å². The highest BCUT2D eigenvalue weighted by Crippen LogP contribution is 2.30. The number of amides is 1. The van der Waals surface area contributed by atoms with Crippen molar-refractivity contribution in [1.29, 1.82) is 0 Å². The summed E-state index contributed by atoms with van der Waals surface area (Å²) in [7, 11) is 0. The fraction of sp³-hybridized carbons (Fsp3) is 0.409. The maximum absolute atomic E-state index is 13.6. The summed E-state index contributed by atoms with van der Waals surface area (Å²) < 4.78 is 19.5. The standard InChI is InChI=1S/C22H26FNO2S/c1-16(26-21-12-6-9-17-7-2-4-10-19(17)21)22(25)24-13-14-27-15-18-8-3-5-11-20(18)23/h3,5-6,8-9,11-12,16H,2,4,7,10,13-15H2,1H3,(H,24,25). The maximum Gasteiger partial charge on any atom is 0.260 e. The van der Waals surface area contributed by atoms with Crippen LogP contribution in [0, 0.1) is 5.82 Å². The van der Waals surface area contributed by atoms with E-state index in [1.165, 1.54) is 30.0 Å². The van der Waals surface area contributed by atoms with E-state index in [4.69, 9.17) is 4.74 Å². The van der Waals surface area contributed by atoms with Crippen LogP contribution in [-0.4, -0.2) is 24.3 Å². The maximum atomic E-state index is 13.6. The minimum absolute atomic E-state index is 0.116. The molecule has 1 unspecified atom stereocenters. The average Bonchev–Trinajstić information content (AvgIpc) is 2.69. The van der Waals surface area contributed by atoms with Crippen LogP contribution in [0.2, 0.25) is 0 Å². The Morgan fingerprint density at radius 2 is 2.00 bits per heavy atom. The summed E-state index contributed by atoms with van der Waals surface area (Å²) in [6, 6.07) is 12.9. The van der Waals surface area contributed by atoms with Gasteiger partial charge in [-0.3, -0.25) is 4.79 Å². The van der Waals surface area contributed by atoms with Gasteiger partial charge in [-0.15, -0.1) is 0 Å². The largest absolute Gasteiger partial charge is 0.481 e. The highest BCUT2D eigenvalue weighted by molar-refractivity contribution is 7.98. The van der Waals surface area contributed by atoms with E-state index in [9.17, 15) is 9.18 Å². The molecule has 0 bridgehead atoms. The van der Waals surface area contributed by atoms with Crippen molar-refractivity contribution in [1.82, 2.24) is 5.32 Å². The van der Waals surface area contributed by atoms with Gasteiger partial charge in [0, 0.05) is 18.1 Å². The Bertz CT molecular complexity index is 781. The number of rotatable bonds is 8. The third-order valence-electron chi connectivity index (χ3n) is 4.79. The van der Waals surface area contributed by atoms with Crippen molar-refractivity contribution < 1.29 is 13.9 Å². The topological polar surface area (TPSA) is 38.3 Å². The van der Waals surface area contributed by atoms with Crippen LogP contribution in [0.15, 0.2) is 42.5 Å². The summed E-state index contributed by atoms with van der Waals surface area (Å²) >= 11 is 1.60. The van der Waals surface area contributed by atoms with E-state index in [1.54, 1.807) is 30.8 Å². The Morgan fingerprint density at radius 1 is 1.19 bits per heavy atom. The summed E-state index contributed by atoms with van der Waals surface area (Å²) in [5, 5.41) is 2.91. The molecule has 2 aromatic carbocycles. The quantitative estimate of drug-likeness (QED) is 0.677. The van der Waals surface area contributed by atoms with Crippen LogP contribution in [0.4, 0.5) is 4.39 Å². The van der Waals surface area contributed by atoms with Gasteiger partial charge in [-0.2, -0.15) is 11.8 Å². The van der Waals surface area contributed by atoms with Gasteiger partial charge in [0.2, 0.25) is 0 Å². The number of benzene rings is 2. The molecule has 1 amide bonds. The SMILES string of the molecule is CC(Oc1cccc2c1CCCC2)C(=O)NCCSCc1ccccc1F. The van der Waals surface area contributed by atoms with Crippen LogP contribution in [0.25, 0.3) is 0 Å². The van der Waals surface area contributed by atoms with Crippen LogP contribution < -0.4 is 10.1 Å². The molecule has 0 radical (unpaired) electrons. The van der Waals surface area contributed by atoms with Gasteiger partial charge in [-0.25, -0.2) is 4.39 Å². The molecule has 144 valence electrons. The first-order valence-electron chi connectivity index (χ1n) is 9.51. The van der Waals surface area contributed by atoms with Gasteiger partial charge in [0.15, 0.2) is 6.10 Å². The number of ether oxygens (including phenoxy) is 1. The molecule has 0 saturated heterocycles. The summed E-state index contributed by atoms with van der Waals surface area (Å²) in [4.78, 5) is 12.3. The molecule has 5 heteroatoms. The normalized spacial score (nSPS) is 14.3. The lowest BCUT2D eigenvalue weighted by atomic mass is 9.91. The van der Waals surface area contributed by atoms with Crippen molar-refractivity contribution in [2.45, 2.75) is 44.5 Å². The molecule has 3 nitrogen and oxygen atoms in total. The van der Waals surface area contributed by atoms with Gasteiger partial charge < -0.3 is 10.1 Å². The highest BCUT2D eigenvalue weighted by Gasteiger charge is 2.19. The minimum atomic E-state index is -0.532. The number of nitrogens with one attached hydrogen (secondary N) is 1. The van der Waals surface area contributed by atoms with E-state index in [1.807, 2.05) is 18.2 Å². The summed E-state index contributed by atoms with van der Waals surface area (Å²) in [5.41, 5.74) is 3.29. The van der Waals surface area contributed by atoms with Gasteiger partial charge in [0.05, 0.1) is 0 Å². The Labute approximate surface area is 164 Å². The second-order valence-electron chi connectivity index (χ2n) is 6.80. The van der Waals surface area contributed by atoms with E-state index in [0.717, 1.165) is 24.3 Å². The first-order chi connectivity index (χ1) is 13.1. The number of hydrogen-bond acceptors (Lipinski definition) is 3. The van der Waals surface area contributed by atoms with Crippen LogP contribution in [-0.2, 0) is 23.4 Å². The first kappa shape index (κ1) is 19.7. The smallest absolute Gasteiger partial charge is 0.260 e. The lowest BCUT2D eigenvalue weighted by Crippen LogP contribution is -2.37. The molecule has 3 rings (SSSR count). The predicted molar refractivity (Wildman–Crippen MR) is 109 cm³/mol. The van der Waals surface area contributed by atoms with Crippen molar-refractivity contribution >= 4 is 17.7 Å². The number of carbonyl (C=O) groups excluding carboxylic acids is 1. The molecule has 0 spiro atoms. The van der Waals surface area contributed by atoms with E-state index >= 15 is 0 Å². The number of carbonyl (C=O) groups is 1. The molecular weight excluding hydrogens is 361 g/mol. The number of fused-ring (bicyclic) bond motifs is 1. The third kappa shape index (κ3) is 5.48. The van der Waals surface area contributed by atoms with Gasteiger partial charge in [-0.05, 0) is 61.4 Å². The molecule has 0 aliphatic heterocycles.